The van der Waals surface area contributed by atoms with Crippen LogP contribution in [0.2, 0.25) is 0 Å². The summed E-state index contributed by atoms with van der Waals surface area (Å²) in [7, 11) is 0. The van der Waals surface area contributed by atoms with Gasteiger partial charge in [-0.1, -0.05) is 20.8 Å². The Morgan fingerprint density at radius 2 is 2.12 bits per heavy atom. The van der Waals surface area contributed by atoms with E-state index in [2.05, 4.69) is 36.7 Å². The number of ketones is 1. The summed E-state index contributed by atoms with van der Waals surface area (Å²) in [4.78, 5) is 12.2. The molecule has 0 saturated heterocycles. The Kier molecular flexibility index (Phi) is 3.48. The van der Waals surface area contributed by atoms with Gasteiger partial charge in [0, 0.05) is 17.8 Å². The normalized spacial score (nSPS) is 26.2. The standard InChI is InChI=1S/C14H19BrO2/c1-9-4-5-10(12(16)8-9)14(2,3)13-11(15)6-7-17-13/h6-7,9-10H,4-5,8H2,1-3H3. The minimum atomic E-state index is -0.223. The summed E-state index contributed by atoms with van der Waals surface area (Å²) >= 11 is 3.50. The summed E-state index contributed by atoms with van der Waals surface area (Å²) in [5.41, 5.74) is -0.223. The van der Waals surface area contributed by atoms with Gasteiger partial charge in [0.15, 0.2) is 0 Å². The summed E-state index contributed by atoms with van der Waals surface area (Å²) < 4.78 is 6.52. The predicted molar refractivity (Wildman–Crippen MR) is 70.9 cm³/mol. The van der Waals surface area contributed by atoms with Crippen LogP contribution in [0, 0.1) is 11.8 Å². The average Bonchev–Trinajstić information content (AvgIpc) is 2.64. The van der Waals surface area contributed by atoms with Crippen molar-refractivity contribution >= 4 is 21.7 Å². The molecule has 0 amide bonds. The Balaban J connectivity index is 2.27. The van der Waals surface area contributed by atoms with E-state index < -0.39 is 0 Å². The largest absolute Gasteiger partial charge is 0.468 e. The van der Waals surface area contributed by atoms with Crippen LogP contribution in [0.4, 0.5) is 0 Å². The highest BCUT2D eigenvalue weighted by molar-refractivity contribution is 9.10. The molecule has 2 unspecified atom stereocenters. The molecule has 0 N–H and O–H groups in total. The highest BCUT2D eigenvalue weighted by Crippen LogP contribution is 2.42. The van der Waals surface area contributed by atoms with Crippen molar-refractivity contribution in [2.24, 2.45) is 11.8 Å². The maximum absolute atomic E-state index is 12.2. The second-order valence-corrected chi connectivity index (χ2v) is 6.58. The van der Waals surface area contributed by atoms with Gasteiger partial charge >= 0.3 is 0 Å². The zero-order valence-corrected chi connectivity index (χ0v) is 12.2. The van der Waals surface area contributed by atoms with Crippen molar-refractivity contribution in [3.63, 3.8) is 0 Å². The first kappa shape index (κ1) is 12.9. The zero-order valence-electron chi connectivity index (χ0n) is 10.6. The molecular formula is C14H19BrO2. The van der Waals surface area contributed by atoms with Crippen molar-refractivity contribution in [1.82, 2.24) is 0 Å². The second kappa shape index (κ2) is 4.60. The molecule has 1 saturated carbocycles. The van der Waals surface area contributed by atoms with E-state index in [0.29, 0.717) is 18.1 Å². The Bertz CT molecular complexity index is 420. The molecule has 2 rings (SSSR count). The zero-order chi connectivity index (χ0) is 12.6. The van der Waals surface area contributed by atoms with E-state index in [0.717, 1.165) is 23.1 Å². The van der Waals surface area contributed by atoms with Gasteiger partial charge in [0.1, 0.15) is 11.5 Å². The van der Waals surface area contributed by atoms with E-state index in [1.165, 1.54) is 0 Å². The molecule has 94 valence electrons. The molecule has 1 aliphatic rings. The highest BCUT2D eigenvalue weighted by atomic mass is 79.9. The number of Topliss-reactive ketones (excluding diaryl/α,β-unsaturated/α-hetero) is 1. The van der Waals surface area contributed by atoms with E-state index in [1.807, 2.05) is 6.07 Å². The first-order valence-electron chi connectivity index (χ1n) is 6.19. The lowest BCUT2D eigenvalue weighted by Crippen LogP contribution is -2.38. The van der Waals surface area contributed by atoms with Gasteiger partial charge in [-0.15, -0.1) is 0 Å². The molecule has 2 atom stereocenters. The number of carbonyl (C=O) groups is 1. The fourth-order valence-electron chi connectivity index (χ4n) is 2.87. The molecule has 3 heteroatoms. The lowest BCUT2D eigenvalue weighted by atomic mass is 9.67. The monoisotopic (exact) mass is 298 g/mol. The second-order valence-electron chi connectivity index (χ2n) is 5.72. The number of halogens is 1. The molecule has 0 aromatic carbocycles. The fraction of sp³-hybridized carbons (Fsp3) is 0.643. The van der Waals surface area contributed by atoms with Gasteiger partial charge < -0.3 is 4.42 Å². The summed E-state index contributed by atoms with van der Waals surface area (Å²) in [6.07, 6.45) is 4.50. The van der Waals surface area contributed by atoms with Gasteiger partial charge in [-0.3, -0.25) is 4.79 Å². The van der Waals surface area contributed by atoms with E-state index in [4.69, 9.17) is 4.42 Å². The Morgan fingerprint density at radius 3 is 2.65 bits per heavy atom. The van der Waals surface area contributed by atoms with Crippen molar-refractivity contribution < 1.29 is 9.21 Å². The van der Waals surface area contributed by atoms with Crippen molar-refractivity contribution in [3.05, 3.63) is 22.6 Å². The van der Waals surface area contributed by atoms with Gasteiger partial charge in [0.2, 0.25) is 0 Å². The maximum Gasteiger partial charge on any atom is 0.137 e. The number of furan rings is 1. The minimum absolute atomic E-state index is 0.0844. The van der Waals surface area contributed by atoms with Crippen LogP contribution < -0.4 is 0 Å². The molecule has 0 spiro atoms. The summed E-state index contributed by atoms with van der Waals surface area (Å²) in [5.74, 6) is 1.90. The van der Waals surface area contributed by atoms with E-state index in [1.54, 1.807) is 6.26 Å². The van der Waals surface area contributed by atoms with E-state index >= 15 is 0 Å². The van der Waals surface area contributed by atoms with Crippen LogP contribution in [0.5, 0.6) is 0 Å². The van der Waals surface area contributed by atoms with Gasteiger partial charge in [-0.25, -0.2) is 0 Å². The molecule has 1 heterocycles. The molecule has 0 bridgehead atoms. The number of rotatable bonds is 2. The maximum atomic E-state index is 12.2. The smallest absolute Gasteiger partial charge is 0.137 e. The average molecular weight is 299 g/mol. The van der Waals surface area contributed by atoms with Crippen molar-refractivity contribution in [2.45, 2.75) is 45.4 Å². The topological polar surface area (TPSA) is 30.2 Å². The molecule has 1 aliphatic carbocycles. The van der Waals surface area contributed by atoms with Crippen molar-refractivity contribution in [3.8, 4) is 0 Å². The molecule has 0 radical (unpaired) electrons. The van der Waals surface area contributed by atoms with Crippen LogP contribution >= 0.6 is 15.9 Å². The summed E-state index contributed by atoms with van der Waals surface area (Å²) in [6, 6.07) is 1.90. The molecule has 17 heavy (non-hydrogen) atoms. The number of carbonyl (C=O) groups excluding carboxylic acids is 1. The van der Waals surface area contributed by atoms with Crippen LogP contribution in [0.25, 0.3) is 0 Å². The first-order valence-corrected chi connectivity index (χ1v) is 6.98. The lowest BCUT2D eigenvalue weighted by Gasteiger charge is -2.36. The molecule has 1 fully saturated rings. The first-order chi connectivity index (χ1) is 7.93. The molecular weight excluding hydrogens is 280 g/mol. The van der Waals surface area contributed by atoms with Crippen LogP contribution in [-0.2, 0) is 10.2 Å². The third-order valence-electron chi connectivity index (χ3n) is 3.96. The van der Waals surface area contributed by atoms with Crippen LogP contribution in [0.1, 0.15) is 45.8 Å². The molecule has 1 aromatic heterocycles. The third kappa shape index (κ3) is 2.35. The third-order valence-corrected chi connectivity index (χ3v) is 4.58. The Morgan fingerprint density at radius 1 is 1.41 bits per heavy atom. The minimum Gasteiger partial charge on any atom is -0.468 e. The summed E-state index contributed by atoms with van der Waals surface area (Å²) in [5, 5.41) is 0. The molecule has 0 aliphatic heterocycles. The van der Waals surface area contributed by atoms with Crippen LogP contribution in [-0.4, -0.2) is 5.78 Å². The van der Waals surface area contributed by atoms with Crippen molar-refractivity contribution in [2.75, 3.05) is 0 Å². The number of hydrogen-bond acceptors (Lipinski definition) is 2. The van der Waals surface area contributed by atoms with Gasteiger partial charge in [-0.05, 0) is 40.8 Å². The SMILES string of the molecule is CC1CCC(C(C)(C)c2occc2Br)C(=O)C1. The van der Waals surface area contributed by atoms with Gasteiger partial charge in [0.25, 0.3) is 0 Å². The summed E-state index contributed by atoms with van der Waals surface area (Å²) in [6.45, 7) is 6.37. The fourth-order valence-corrected chi connectivity index (χ4v) is 3.59. The van der Waals surface area contributed by atoms with E-state index in [-0.39, 0.29) is 11.3 Å². The van der Waals surface area contributed by atoms with Gasteiger partial charge in [0.05, 0.1) is 10.7 Å². The van der Waals surface area contributed by atoms with Gasteiger partial charge in [-0.2, -0.15) is 0 Å². The van der Waals surface area contributed by atoms with Crippen LogP contribution in [0.3, 0.4) is 0 Å². The van der Waals surface area contributed by atoms with Crippen LogP contribution in [0.15, 0.2) is 21.2 Å². The molecule has 1 aromatic rings. The lowest BCUT2D eigenvalue weighted by molar-refractivity contribution is -0.128. The number of hydrogen-bond donors (Lipinski definition) is 0. The Labute approximate surface area is 111 Å². The quantitative estimate of drug-likeness (QED) is 0.814. The van der Waals surface area contributed by atoms with Crippen molar-refractivity contribution in [1.29, 1.82) is 0 Å². The Hall–Kier alpha value is -0.570. The highest BCUT2D eigenvalue weighted by Gasteiger charge is 2.41. The van der Waals surface area contributed by atoms with E-state index in [9.17, 15) is 4.79 Å². The molecule has 2 nitrogen and oxygen atoms in total. The predicted octanol–water partition coefficient (Wildman–Crippen LogP) is 4.33.